The van der Waals surface area contributed by atoms with Crippen LogP contribution in [0.15, 0.2) is 0 Å². The highest BCUT2D eigenvalue weighted by Crippen LogP contribution is 2.56. The first-order chi connectivity index (χ1) is 10.3. The molecule has 0 radical (unpaired) electrons. The monoisotopic (exact) mass is 312 g/mol. The highest BCUT2D eigenvalue weighted by atomic mass is 16.6. The summed E-state index contributed by atoms with van der Waals surface area (Å²) >= 11 is 0. The molecule has 2 aliphatic heterocycles. The van der Waals surface area contributed by atoms with Gasteiger partial charge in [0.05, 0.1) is 24.5 Å². The topological polar surface area (TPSA) is 77.7 Å². The lowest BCUT2D eigenvalue weighted by Crippen LogP contribution is -2.44. The Kier molecular flexibility index (Phi) is 3.93. The molecule has 4 atom stereocenters. The summed E-state index contributed by atoms with van der Waals surface area (Å²) in [5.41, 5.74) is -1.18. The molecule has 0 spiro atoms. The second kappa shape index (κ2) is 5.49. The SMILES string of the molecule is CC1(C)[C@H](C(=O)OCC2CO2)CC[C@]1(C)C(=O)OCC1CO1. The Morgan fingerprint density at radius 2 is 1.59 bits per heavy atom. The zero-order valence-electron chi connectivity index (χ0n) is 13.4. The second-order valence-corrected chi connectivity index (χ2v) is 7.28. The van der Waals surface area contributed by atoms with Crippen LogP contribution in [0.1, 0.15) is 33.6 Å². The molecule has 0 aromatic heterocycles. The second-order valence-electron chi connectivity index (χ2n) is 7.28. The van der Waals surface area contributed by atoms with E-state index in [0.29, 0.717) is 39.3 Å². The summed E-state index contributed by atoms with van der Waals surface area (Å²) in [6.45, 7) is 7.73. The lowest BCUT2D eigenvalue weighted by Gasteiger charge is -2.38. The van der Waals surface area contributed by atoms with Crippen molar-refractivity contribution in [3.63, 3.8) is 0 Å². The smallest absolute Gasteiger partial charge is 0.312 e. The summed E-state index contributed by atoms with van der Waals surface area (Å²) in [5.74, 6) is -0.766. The van der Waals surface area contributed by atoms with Crippen LogP contribution in [0.5, 0.6) is 0 Å². The molecule has 1 aliphatic carbocycles. The van der Waals surface area contributed by atoms with Crippen LogP contribution in [-0.4, -0.2) is 50.6 Å². The van der Waals surface area contributed by atoms with Crippen molar-refractivity contribution in [1.82, 2.24) is 0 Å². The normalized spacial score (nSPS) is 38.4. The fourth-order valence-electron chi connectivity index (χ4n) is 3.21. The van der Waals surface area contributed by atoms with E-state index in [1.54, 1.807) is 0 Å². The van der Waals surface area contributed by atoms with Crippen molar-refractivity contribution < 1.29 is 28.5 Å². The van der Waals surface area contributed by atoms with Crippen LogP contribution in [0, 0.1) is 16.7 Å². The Morgan fingerprint density at radius 1 is 1.05 bits per heavy atom. The van der Waals surface area contributed by atoms with Gasteiger partial charge in [-0.15, -0.1) is 0 Å². The van der Waals surface area contributed by atoms with E-state index in [-0.39, 0.29) is 30.1 Å². The molecule has 22 heavy (non-hydrogen) atoms. The highest BCUT2D eigenvalue weighted by Gasteiger charge is 2.59. The number of ether oxygens (including phenoxy) is 4. The van der Waals surface area contributed by atoms with Gasteiger partial charge >= 0.3 is 11.9 Å². The van der Waals surface area contributed by atoms with Gasteiger partial charge in [-0.2, -0.15) is 0 Å². The van der Waals surface area contributed by atoms with Crippen LogP contribution in [0.25, 0.3) is 0 Å². The quantitative estimate of drug-likeness (QED) is 0.543. The molecule has 2 saturated heterocycles. The van der Waals surface area contributed by atoms with Gasteiger partial charge in [-0.25, -0.2) is 0 Å². The van der Waals surface area contributed by atoms with Crippen molar-refractivity contribution in [2.45, 2.75) is 45.8 Å². The Hall–Kier alpha value is -1.14. The van der Waals surface area contributed by atoms with Gasteiger partial charge in [-0.1, -0.05) is 13.8 Å². The molecule has 0 aromatic carbocycles. The summed E-state index contributed by atoms with van der Waals surface area (Å²) in [6, 6.07) is 0. The highest BCUT2D eigenvalue weighted by molar-refractivity contribution is 5.82. The molecule has 0 bridgehead atoms. The number of rotatable bonds is 6. The van der Waals surface area contributed by atoms with Crippen molar-refractivity contribution >= 4 is 11.9 Å². The average Bonchev–Trinajstić information content (AvgIpc) is 3.36. The van der Waals surface area contributed by atoms with E-state index >= 15 is 0 Å². The third-order valence-corrected chi connectivity index (χ3v) is 5.58. The van der Waals surface area contributed by atoms with Crippen LogP contribution >= 0.6 is 0 Å². The number of esters is 2. The van der Waals surface area contributed by atoms with Gasteiger partial charge in [0, 0.05) is 0 Å². The molecule has 6 nitrogen and oxygen atoms in total. The van der Waals surface area contributed by atoms with E-state index in [1.165, 1.54) is 0 Å². The van der Waals surface area contributed by atoms with Crippen molar-refractivity contribution in [2.24, 2.45) is 16.7 Å². The number of hydrogen-bond acceptors (Lipinski definition) is 6. The van der Waals surface area contributed by atoms with Crippen LogP contribution < -0.4 is 0 Å². The number of carbonyl (C=O) groups excluding carboxylic acids is 2. The first-order valence-electron chi connectivity index (χ1n) is 7.91. The van der Waals surface area contributed by atoms with Crippen LogP contribution in [0.2, 0.25) is 0 Å². The van der Waals surface area contributed by atoms with Gasteiger partial charge in [0.15, 0.2) is 0 Å². The lowest BCUT2D eigenvalue weighted by molar-refractivity contribution is -0.165. The molecule has 3 fully saturated rings. The molecule has 6 heteroatoms. The Bertz CT molecular complexity index is 465. The number of hydrogen-bond donors (Lipinski definition) is 0. The van der Waals surface area contributed by atoms with E-state index in [2.05, 4.69) is 0 Å². The molecule has 3 aliphatic rings. The third-order valence-electron chi connectivity index (χ3n) is 5.58. The largest absolute Gasteiger partial charge is 0.463 e. The molecule has 2 heterocycles. The minimum Gasteiger partial charge on any atom is -0.463 e. The third kappa shape index (κ3) is 2.86. The van der Waals surface area contributed by atoms with E-state index in [0.717, 1.165) is 0 Å². The van der Waals surface area contributed by atoms with E-state index < -0.39 is 10.8 Å². The molecule has 1 saturated carbocycles. The Morgan fingerprint density at radius 3 is 2.14 bits per heavy atom. The predicted molar refractivity (Wildman–Crippen MR) is 76.0 cm³/mol. The molecule has 3 rings (SSSR count). The van der Waals surface area contributed by atoms with Gasteiger partial charge in [0.25, 0.3) is 0 Å². The molecule has 124 valence electrons. The maximum absolute atomic E-state index is 12.5. The summed E-state index contributed by atoms with van der Waals surface area (Å²) in [6.07, 6.45) is 1.38. The van der Waals surface area contributed by atoms with Crippen LogP contribution in [-0.2, 0) is 28.5 Å². The van der Waals surface area contributed by atoms with Crippen LogP contribution in [0.4, 0.5) is 0 Å². The maximum atomic E-state index is 12.5. The summed E-state index contributed by atoms with van der Waals surface area (Å²) in [4.78, 5) is 24.8. The molecule has 0 amide bonds. The van der Waals surface area contributed by atoms with E-state index in [1.807, 2.05) is 20.8 Å². The lowest BCUT2D eigenvalue weighted by atomic mass is 9.65. The zero-order valence-corrected chi connectivity index (χ0v) is 13.4. The summed E-state index contributed by atoms with van der Waals surface area (Å²) in [7, 11) is 0. The Labute approximate surface area is 130 Å². The van der Waals surface area contributed by atoms with Crippen molar-refractivity contribution in [2.75, 3.05) is 26.4 Å². The van der Waals surface area contributed by atoms with E-state index in [9.17, 15) is 9.59 Å². The molecule has 0 N–H and O–H groups in total. The van der Waals surface area contributed by atoms with Gasteiger partial charge < -0.3 is 18.9 Å². The predicted octanol–water partition coefficient (Wildman–Crippen LogP) is 1.31. The number of epoxide rings is 2. The minimum atomic E-state index is -0.679. The van der Waals surface area contributed by atoms with Crippen molar-refractivity contribution in [1.29, 1.82) is 0 Å². The van der Waals surface area contributed by atoms with Crippen LogP contribution in [0.3, 0.4) is 0 Å². The maximum Gasteiger partial charge on any atom is 0.312 e. The standard InChI is InChI=1S/C16H24O6/c1-15(2)12(13(17)21-8-10-6-19-10)4-5-16(15,3)14(18)22-9-11-7-20-11/h10-12H,4-9H2,1-3H3/t10?,11?,12-,16+/m0/s1. The summed E-state index contributed by atoms with van der Waals surface area (Å²) < 4.78 is 20.8. The molecule has 0 aromatic rings. The Balaban J connectivity index is 1.62. The average molecular weight is 312 g/mol. The van der Waals surface area contributed by atoms with Gasteiger partial charge in [-0.3, -0.25) is 9.59 Å². The first kappa shape index (κ1) is 15.7. The molecule has 2 unspecified atom stereocenters. The van der Waals surface area contributed by atoms with Crippen molar-refractivity contribution in [3.8, 4) is 0 Å². The fourth-order valence-corrected chi connectivity index (χ4v) is 3.21. The molecular weight excluding hydrogens is 288 g/mol. The fraction of sp³-hybridized carbons (Fsp3) is 0.875. The minimum absolute atomic E-state index is 0.0522. The molecular formula is C16H24O6. The van der Waals surface area contributed by atoms with E-state index in [4.69, 9.17) is 18.9 Å². The van der Waals surface area contributed by atoms with Crippen molar-refractivity contribution in [3.05, 3.63) is 0 Å². The summed E-state index contributed by atoms with van der Waals surface area (Å²) in [5, 5.41) is 0. The van der Waals surface area contributed by atoms with Gasteiger partial charge in [0.1, 0.15) is 25.4 Å². The van der Waals surface area contributed by atoms with Gasteiger partial charge in [-0.05, 0) is 25.2 Å². The van der Waals surface area contributed by atoms with Gasteiger partial charge in [0.2, 0.25) is 0 Å². The zero-order chi connectivity index (χ0) is 16.0. The number of carbonyl (C=O) groups is 2. The first-order valence-corrected chi connectivity index (χ1v) is 7.91.